The van der Waals surface area contributed by atoms with E-state index in [1.807, 2.05) is 0 Å². The Morgan fingerprint density at radius 3 is 2.50 bits per heavy atom. The Morgan fingerprint density at radius 2 is 2.00 bits per heavy atom. The van der Waals surface area contributed by atoms with Gasteiger partial charge in [-0.1, -0.05) is 23.2 Å². The molecule has 0 aliphatic rings. The summed E-state index contributed by atoms with van der Waals surface area (Å²) in [5.41, 5.74) is 0.667. The molecule has 1 aromatic carbocycles. The standard InChI is InChI=1S/C9H11Cl2NO2/c1-12(5-13)6-3-4-7(14-2)9(11)8(6)10/h3-4,13H,5H2,1-2H3. The molecule has 0 amide bonds. The van der Waals surface area contributed by atoms with Gasteiger partial charge in [0.15, 0.2) is 0 Å². The van der Waals surface area contributed by atoms with E-state index in [1.165, 1.54) is 7.11 Å². The van der Waals surface area contributed by atoms with Crippen LogP contribution >= 0.6 is 23.2 Å². The van der Waals surface area contributed by atoms with Crippen LogP contribution in [0.15, 0.2) is 12.1 Å². The molecule has 1 rings (SSSR count). The van der Waals surface area contributed by atoms with Gasteiger partial charge in [0.25, 0.3) is 0 Å². The van der Waals surface area contributed by atoms with E-state index >= 15 is 0 Å². The fourth-order valence-corrected chi connectivity index (χ4v) is 1.59. The number of hydrogen-bond donors (Lipinski definition) is 1. The van der Waals surface area contributed by atoms with E-state index in [0.717, 1.165) is 0 Å². The van der Waals surface area contributed by atoms with Crippen molar-refractivity contribution >= 4 is 28.9 Å². The van der Waals surface area contributed by atoms with Gasteiger partial charge in [0.05, 0.1) is 17.8 Å². The molecule has 0 aromatic heterocycles. The van der Waals surface area contributed by atoms with Gasteiger partial charge in [-0.05, 0) is 12.1 Å². The van der Waals surface area contributed by atoms with E-state index in [2.05, 4.69) is 0 Å². The molecule has 0 unspecified atom stereocenters. The highest BCUT2D eigenvalue weighted by Crippen LogP contribution is 2.38. The molecule has 14 heavy (non-hydrogen) atoms. The molecule has 0 heterocycles. The number of nitrogens with zero attached hydrogens (tertiary/aromatic N) is 1. The van der Waals surface area contributed by atoms with Crippen LogP contribution in [0.25, 0.3) is 0 Å². The fraction of sp³-hybridized carbons (Fsp3) is 0.333. The molecule has 0 fully saturated rings. The second-order valence-corrected chi connectivity index (χ2v) is 3.51. The zero-order valence-corrected chi connectivity index (χ0v) is 9.43. The van der Waals surface area contributed by atoms with E-state index < -0.39 is 0 Å². The smallest absolute Gasteiger partial charge is 0.139 e. The summed E-state index contributed by atoms with van der Waals surface area (Å²) >= 11 is 11.9. The van der Waals surface area contributed by atoms with Gasteiger partial charge in [-0.2, -0.15) is 0 Å². The van der Waals surface area contributed by atoms with Crippen molar-refractivity contribution in [2.45, 2.75) is 0 Å². The Morgan fingerprint density at radius 1 is 1.36 bits per heavy atom. The van der Waals surface area contributed by atoms with Crippen LogP contribution in [0, 0.1) is 0 Å². The fourth-order valence-electron chi connectivity index (χ4n) is 1.05. The van der Waals surface area contributed by atoms with Gasteiger partial charge in [0.1, 0.15) is 17.5 Å². The van der Waals surface area contributed by atoms with Crippen LogP contribution in [-0.4, -0.2) is 26.0 Å². The molecule has 0 radical (unpaired) electrons. The third-order valence-corrected chi connectivity index (χ3v) is 2.72. The molecular formula is C9H11Cl2NO2. The highest BCUT2D eigenvalue weighted by atomic mass is 35.5. The van der Waals surface area contributed by atoms with Crippen molar-refractivity contribution in [3.63, 3.8) is 0 Å². The van der Waals surface area contributed by atoms with Gasteiger partial charge in [-0.25, -0.2) is 0 Å². The Bertz CT molecular complexity index is 331. The summed E-state index contributed by atoms with van der Waals surface area (Å²) < 4.78 is 5.00. The summed E-state index contributed by atoms with van der Waals surface area (Å²) in [5, 5.41) is 9.65. The molecule has 0 aliphatic carbocycles. The maximum atomic E-state index is 8.92. The summed E-state index contributed by atoms with van der Waals surface area (Å²) in [7, 11) is 3.23. The van der Waals surface area contributed by atoms with Gasteiger partial charge in [0, 0.05) is 7.05 Å². The maximum Gasteiger partial charge on any atom is 0.139 e. The van der Waals surface area contributed by atoms with Gasteiger partial charge in [-0.15, -0.1) is 0 Å². The second-order valence-electron chi connectivity index (χ2n) is 2.75. The Labute approximate surface area is 92.8 Å². The van der Waals surface area contributed by atoms with E-state index in [-0.39, 0.29) is 6.73 Å². The summed E-state index contributed by atoms with van der Waals surface area (Å²) in [6.45, 7) is -0.123. The molecule has 1 N–H and O–H groups in total. The Kier molecular flexibility index (Phi) is 3.86. The molecule has 78 valence electrons. The van der Waals surface area contributed by atoms with Crippen LogP contribution in [0.3, 0.4) is 0 Å². The quantitative estimate of drug-likeness (QED) is 0.818. The first-order valence-electron chi connectivity index (χ1n) is 3.95. The minimum atomic E-state index is -0.123. The molecule has 5 heteroatoms. The van der Waals surface area contributed by atoms with Crippen molar-refractivity contribution in [3.8, 4) is 5.75 Å². The minimum absolute atomic E-state index is 0.123. The lowest BCUT2D eigenvalue weighted by Gasteiger charge is -2.18. The number of anilines is 1. The third kappa shape index (κ3) is 2.05. The molecule has 0 spiro atoms. The monoisotopic (exact) mass is 235 g/mol. The van der Waals surface area contributed by atoms with Crippen molar-refractivity contribution in [2.75, 3.05) is 25.8 Å². The number of halogens is 2. The number of methoxy groups -OCH3 is 1. The summed E-state index contributed by atoms with van der Waals surface area (Å²) in [6.07, 6.45) is 0. The topological polar surface area (TPSA) is 32.7 Å². The van der Waals surface area contributed by atoms with Gasteiger partial charge >= 0.3 is 0 Å². The average molecular weight is 236 g/mol. The third-order valence-electron chi connectivity index (χ3n) is 1.87. The molecule has 3 nitrogen and oxygen atoms in total. The molecule has 0 atom stereocenters. The second kappa shape index (κ2) is 4.73. The summed E-state index contributed by atoms with van der Waals surface area (Å²) in [5.74, 6) is 0.520. The molecule has 0 saturated heterocycles. The minimum Gasteiger partial charge on any atom is -0.495 e. The normalized spacial score (nSPS) is 10.1. The van der Waals surface area contributed by atoms with Crippen LogP contribution < -0.4 is 9.64 Å². The number of rotatable bonds is 3. The number of aliphatic hydroxyl groups excluding tert-OH is 1. The number of aliphatic hydroxyl groups is 1. The van der Waals surface area contributed by atoms with Crippen molar-refractivity contribution in [3.05, 3.63) is 22.2 Å². The van der Waals surface area contributed by atoms with Crippen molar-refractivity contribution in [2.24, 2.45) is 0 Å². The molecule has 0 aliphatic heterocycles. The van der Waals surface area contributed by atoms with Crippen molar-refractivity contribution < 1.29 is 9.84 Å². The van der Waals surface area contributed by atoms with Crippen LogP contribution in [0.4, 0.5) is 5.69 Å². The van der Waals surface area contributed by atoms with E-state index in [1.54, 1.807) is 24.1 Å². The molecule has 0 bridgehead atoms. The SMILES string of the molecule is COc1ccc(N(C)CO)c(Cl)c1Cl. The first-order valence-corrected chi connectivity index (χ1v) is 4.71. The van der Waals surface area contributed by atoms with Crippen molar-refractivity contribution in [1.82, 2.24) is 0 Å². The van der Waals surface area contributed by atoms with Crippen LogP contribution in [0.2, 0.25) is 10.0 Å². The number of benzene rings is 1. The summed E-state index contributed by atoms with van der Waals surface area (Å²) in [6, 6.07) is 3.44. The van der Waals surface area contributed by atoms with Crippen LogP contribution in [0.5, 0.6) is 5.75 Å². The lowest BCUT2D eigenvalue weighted by molar-refractivity contribution is 0.298. The van der Waals surface area contributed by atoms with Gasteiger partial charge in [0.2, 0.25) is 0 Å². The number of hydrogen-bond acceptors (Lipinski definition) is 3. The molecular weight excluding hydrogens is 225 g/mol. The van der Waals surface area contributed by atoms with E-state index in [0.29, 0.717) is 21.5 Å². The van der Waals surface area contributed by atoms with Crippen LogP contribution in [-0.2, 0) is 0 Å². The molecule has 0 saturated carbocycles. The highest BCUT2D eigenvalue weighted by Gasteiger charge is 2.12. The van der Waals surface area contributed by atoms with Gasteiger partial charge < -0.3 is 14.7 Å². The zero-order chi connectivity index (χ0) is 10.7. The first-order chi connectivity index (χ1) is 6.61. The lowest BCUT2D eigenvalue weighted by Crippen LogP contribution is -2.18. The van der Waals surface area contributed by atoms with Gasteiger partial charge in [-0.3, -0.25) is 0 Å². The Hall–Kier alpha value is -0.640. The number of ether oxygens (including phenoxy) is 1. The Balaban J connectivity index is 3.17. The van der Waals surface area contributed by atoms with E-state index in [4.69, 9.17) is 33.0 Å². The average Bonchev–Trinajstić information content (AvgIpc) is 2.21. The predicted molar refractivity (Wildman–Crippen MR) is 58.5 cm³/mol. The summed E-state index contributed by atoms with van der Waals surface area (Å²) in [4.78, 5) is 1.58. The van der Waals surface area contributed by atoms with Crippen LogP contribution in [0.1, 0.15) is 0 Å². The largest absolute Gasteiger partial charge is 0.495 e. The highest BCUT2D eigenvalue weighted by molar-refractivity contribution is 6.44. The van der Waals surface area contributed by atoms with E-state index in [9.17, 15) is 0 Å². The maximum absolute atomic E-state index is 8.92. The van der Waals surface area contributed by atoms with Crippen molar-refractivity contribution in [1.29, 1.82) is 0 Å². The lowest BCUT2D eigenvalue weighted by atomic mass is 10.3. The molecule has 1 aromatic rings. The first kappa shape index (κ1) is 11.4. The predicted octanol–water partition coefficient (Wildman–Crippen LogP) is 2.39. The zero-order valence-electron chi connectivity index (χ0n) is 7.92.